The zero-order chi connectivity index (χ0) is 21.1. The zero-order valence-corrected chi connectivity index (χ0v) is 16.9. The van der Waals surface area contributed by atoms with Gasteiger partial charge in [-0.05, 0) is 55.2 Å². The maximum Gasteiger partial charge on any atom is 0.273 e. The van der Waals surface area contributed by atoms with Gasteiger partial charge in [0.25, 0.3) is 5.56 Å². The van der Waals surface area contributed by atoms with Crippen LogP contribution in [0.25, 0.3) is 11.1 Å². The number of aromatic nitrogens is 1. The fourth-order valence-electron chi connectivity index (χ4n) is 3.18. The number of terminal acetylenes is 1. The van der Waals surface area contributed by atoms with E-state index < -0.39 is 5.78 Å². The standard InChI is InChI=1S/C24H22N2O3/c1-6-21(27)17-10-11-22(29-23-15(2)8-7-9-16(23)3)19(12-17)18-13-20(25-4)24(28)26(5)14-18/h1,7-14,25H,2-5H3. The molecule has 0 bridgehead atoms. The fraction of sp³-hybridized carbons (Fsp3) is 0.167. The lowest BCUT2D eigenvalue weighted by Crippen LogP contribution is -2.19. The molecule has 2 aromatic carbocycles. The molecule has 0 aliphatic heterocycles. The SMILES string of the molecule is C#CC(=O)c1ccc(Oc2c(C)cccc2C)c(-c2cc(NC)c(=O)n(C)c2)c1. The Balaban J connectivity index is 2.23. The number of aryl methyl sites for hydroxylation is 3. The van der Waals surface area contributed by atoms with Crippen LogP contribution >= 0.6 is 0 Å². The summed E-state index contributed by atoms with van der Waals surface area (Å²) in [5.41, 5.74) is 4.06. The molecule has 5 nitrogen and oxygen atoms in total. The predicted molar refractivity (Wildman–Crippen MR) is 116 cm³/mol. The van der Waals surface area contributed by atoms with Crippen molar-refractivity contribution in [1.82, 2.24) is 4.57 Å². The normalized spacial score (nSPS) is 10.3. The number of carbonyl (C=O) groups excluding carboxylic acids is 1. The Bertz CT molecular complexity index is 1180. The Morgan fingerprint density at radius 3 is 2.45 bits per heavy atom. The van der Waals surface area contributed by atoms with Gasteiger partial charge in [0.1, 0.15) is 17.2 Å². The van der Waals surface area contributed by atoms with Crippen LogP contribution in [0.4, 0.5) is 5.69 Å². The van der Waals surface area contributed by atoms with E-state index >= 15 is 0 Å². The van der Waals surface area contributed by atoms with Crippen molar-refractivity contribution in [3.05, 3.63) is 75.7 Å². The van der Waals surface area contributed by atoms with Gasteiger partial charge in [0, 0.05) is 37.0 Å². The minimum Gasteiger partial charge on any atom is -0.456 e. The number of hydrogen-bond acceptors (Lipinski definition) is 4. The molecule has 0 unspecified atom stereocenters. The third-order valence-corrected chi connectivity index (χ3v) is 4.76. The second-order valence-electron chi connectivity index (χ2n) is 6.82. The molecule has 0 saturated carbocycles. The van der Waals surface area contributed by atoms with Crippen molar-refractivity contribution in [2.24, 2.45) is 7.05 Å². The predicted octanol–water partition coefficient (Wildman–Crippen LogP) is 4.32. The topological polar surface area (TPSA) is 60.3 Å². The summed E-state index contributed by atoms with van der Waals surface area (Å²) in [4.78, 5) is 24.3. The molecule has 5 heteroatoms. The Hall–Kier alpha value is -3.78. The van der Waals surface area contributed by atoms with Crippen LogP contribution in [0.5, 0.6) is 11.5 Å². The maximum atomic E-state index is 12.3. The van der Waals surface area contributed by atoms with E-state index in [1.807, 2.05) is 32.0 Å². The maximum absolute atomic E-state index is 12.3. The Morgan fingerprint density at radius 1 is 1.14 bits per heavy atom. The molecular weight excluding hydrogens is 364 g/mol. The summed E-state index contributed by atoms with van der Waals surface area (Å²) in [5, 5.41) is 2.91. The molecule has 29 heavy (non-hydrogen) atoms. The van der Waals surface area contributed by atoms with E-state index in [1.54, 1.807) is 44.6 Å². The van der Waals surface area contributed by atoms with Crippen LogP contribution in [-0.4, -0.2) is 17.4 Å². The van der Waals surface area contributed by atoms with Gasteiger partial charge >= 0.3 is 0 Å². The summed E-state index contributed by atoms with van der Waals surface area (Å²) in [6, 6.07) is 12.7. The van der Waals surface area contributed by atoms with Crippen molar-refractivity contribution >= 4 is 11.5 Å². The van der Waals surface area contributed by atoms with Gasteiger partial charge in [0.2, 0.25) is 5.78 Å². The molecule has 0 radical (unpaired) electrons. The number of pyridine rings is 1. The molecule has 1 aromatic heterocycles. The molecule has 0 aliphatic carbocycles. The van der Waals surface area contributed by atoms with Crippen LogP contribution in [-0.2, 0) is 7.05 Å². The molecule has 0 spiro atoms. The molecule has 3 aromatic rings. The minimum atomic E-state index is -0.413. The smallest absolute Gasteiger partial charge is 0.273 e. The highest BCUT2D eigenvalue weighted by Crippen LogP contribution is 2.37. The first-order valence-corrected chi connectivity index (χ1v) is 9.13. The average molecular weight is 386 g/mol. The third-order valence-electron chi connectivity index (χ3n) is 4.76. The Kier molecular flexibility index (Phi) is 5.56. The van der Waals surface area contributed by atoms with Gasteiger partial charge in [-0.3, -0.25) is 9.59 Å². The van der Waals surface area contributed by atoms with Crippen LogP contribution < -0.4 is 15.6 Å². The highest BCUT2D eigenvalue weighted by atomic mass is 16.5. The number of anilines is 1. The summed E-state index contributed by atoms with van der Waals surface area (Å²) in [7, 11) is 3.36. The lowest BCUT2D eigenvalue weighted by molar-refractivity contribution is 0.105. The van der Waals surface area contributed by atoms with Gasteiger partial charge < -0.3 is 14.6 Å². The molecular formula is C24H22N2O3. The Labute approximate surface area is 170 Å². The summed E-state index contributed by atoms with van der Waals surface area (Å²) in [6.07, 6.45) is 7.01. The number of para-hydroxylation sites is 1. The minimum absolute atomic E-state index is 0.149. The summed E-state index contributed by atoms with van der Waals surface area (Å²) in [5.74, 6) is 3.05. The van der Waals surface area contributed by atoms with Gasteiger partial charge in [-0.25, -0.2) is 0 Å². The van der Waals surface area contributed by atoms with Crippen molar-refractivity contribution in [3.63, 3.8) is 0 Å². The lowest BCUT2D eigenvalue weighted by atomic mass is 10.0. The van der Waals surface area contributed by atoms with Gasteiger partial charge in [-0.2, -0.15) is 0 Å². The first kappa shape index (κ1) is 20.0. The third kappa shape index (κ3) is 3.92. The zero-order valence-electron chi connectivity index (χ0n) is 16.9. The van der Waals surface area contributed by atoms with Crippen molar-refractivity contribution < 1.29 is 9.53 Å². The van der Waals surface area contributed by atoms with Crippen molar-refractivity contribution in [2.75, 3.05) is 12.4 Å². The molecule has 0 saturated heterocycles. The van der Waals surface area contributed by atoms with Crippen LogP contribution in [0.15, 0.2) is 53.5 Å². The summed E-state index contributed by atoms with van der Waals surface area (Å²) < 4.78 is 7.75. The van der Waals surface area contributed by atoms with Gasteiger partial charge in [0.15, 0.2) is 0 Å². The van der Waals surface area contributed by atoms with Crippen LogP contribution in [0.1, 0.15) is 21.5 Å². The van der Waals surface area contributed by atoms with Crippen LogP contribution in [0.2, 0.25) is 0 Å². The molecule has 1 N–H and O–H groups in total. The average Bonchev–Trinajstić information content (AvgIpc) is 2.72. The van der Waals surface area contributed by atoms with E-state index in [0.717, 1.165) is 22.4 Å². The summed E-state index contributed by atoms with van der Waals surface area (Å²) in [6.45, 7) is 3.95. The first-order valence-electron chi connectivity index (χ1n) is 9.13. The largest absolute Gasteiger partial charge is 0.456 e. The van der Waals surface area contributed by atoms with Crippen molar-refractivity contribution in [2.45, 2.75) is 13.8 Å². The monoisotopic (exact) mass is 386 g/mol. The number of benzene rings is 2. The number of carbonyl (C=O) groups is 1. The molecule has 146 valence electrons. The molecule has 0 aliphatic rings. The highest BCUT2D eigenvalue weighted by molar-refractivity contribution is 6.09. The molecule has 1 heterocycles. The number of nitrogens with one attached hydrogen (secondary N) is 1. The van der Waals surface area contributed by atoms with E-state index in [1.165, 1.54) is 4.57 Å². The fourth-order valence-corrected chi connectivity index (χ4v) is 3.18. The van der Waals surface area contributed by atoms with Crippen molar-refractivity contribution in [1.29, 1.82) is 0 Å². The molecule has 0 atom stereocenters. The lowest BCUT2D eigenvalue weighted by Gasteiger charge is -2.17. The van der Waals surface area contributed by atoms with E-state index in [4.69, 9.17) is 11.2 Å². The van der Waals surface area contributed by atoms with Gasteiger partial charge in [-0.1, -0.05) is 18.2 Å². The number of rotatable bonds is 5. The van der Waals surface area contributed by atoms with Gasteiger partial charge in [-0.15, -0.1) is 6.42 Å². The van der Waals surface area contributed by atoms with E-state index in [0.29, 0.717) is 22.6 Å². The van der Waals surface area contributed by atoms with Crippen LogP contribution in [0.3, 0.4) is 0 Å². The highest BCUT2D eigenvalue weighted by Gasteiger charge is 2.15. The van der Waals surface area contributed by atoms with Gasteiger partial charge in [0.05, 0.1) is 0 Å². The number of ketones is 1. The molecule has 3 rings (SSSR count). The second-order valence-corrected chi connectivity index (χ2v) is 6.82. The van der Waals surface area contributed by atoms with E-state index in [2.05, 4.69) is 11.2 Å². The first-order chi connectivity index (χ1) is 13.8. The number of hydrogen-bond donors (Lipinski definition) is 1. The number of Topliss-reactive ketones (excluding diaryl/α,β-unsaturated/α-hetero) is 1. The second kappa shape index (κ2) is 8.07. The molecule has 0 amide bonds. The Morgan fingerprint density at radius 2 is 1.83 bits per heavy atom. The van der Waals surface area contributed by atoms with Crippen LogP contribution in [0, 0.1) is 26.2 Å². The molecule has 0 fully saturated rings. The number of ether oxygens (including phenoxy) is 1. The van der Waals surface area contributed by atoms with E-state index in [9.17, 15) is 9.59 Å². The van der Waals surface area contributed by atoms with Crippen molar-refractivity contribution in [3.8, 4) is 35.0 Å². The summed E-state index contributed by atoms with van der Waals surface area (Å²) >= 11 is 0. The van der Waals surface area contributed by atoms with E-state index in [-0.39, 0.29) is 5.56 Å². The quantitative estimate of drug-likeness (QED) is 0.403. The number of nitrogens with zero attached hydrogens (tertiary/aromatic N) is 1.